The van der Waals surface area contributed by atoms with Crippen molar-refractivity contribution in [2.45, 2.75) is 19.4 Å². The fourth-order valence-electron chi connectivity index (χ4n) is 1.17. The van der Waals surface area contributed by atoms with Crippen molar-refractivity contribution in [2.75, 3.05) is 33.9 Å². The quantitative estimate of drug-likeness (QED) is 0.617. The Balaban J connectivity index is 2.17. The summed E-state index contributed by atoms with van der Waals surface area (Å²) in [6.45, 7) is 2.40. The highest BCUT2D eigenvalue weighted by Crippen LogP contribution is 2.03. The lowest BCUT2D eigenvalue weighted by atomic mass is 10.3. The van der Waals surface area contributed by atoms with E-state index < -0.39 is 0 Å². The average Bonchev–Trinajstić information content (AvgIpc) is 2.73. The summed E-state index contributed by atoms with van der Waals surface area (Å²) in [6.07, 6.45) is 1.79. The van der Waals surface area contributed by atoms with Crippen LogP contribution in [0.4, 0.5) is 0 Å². The van der Waals surface area contributed by atoms with Crippen LogP contribution in [0.1, 0.15) is 18.2 Å². The molecule has 0 aromatic carbocycles. The van der Waals surface area contributed by atoms with Crippen molar-refractivity contribution >= 4 is 0 Å². The summed E-state index contributed by atoms with van der Waals surface area (Å²) < 4.78 is 15.5. The van der Waals surface area contributed by atoms with Crippen molar-refractivity contribution < 1.29 is 13.9 Å². The minimum atomic E-state index is 0.350. The molecule has 1 heterocycles. The van der Waals surface area contributed by atoms with E-state index in [9.17, 15) is 0 Å². The van der Waals surface area contributed by atoms with Crippen LogP contribution in [0.15, 0.2) is 4.42 Å². The Kier molecular flexibility index (Phi) is 6.71. The van der Waals surface area contributed by atoms with Crippen molar-refractivity contribution in [3.8, 4) is 0 Å². The predicted molar refractivity (Wildman–Crippen MR) is 58.1 cm³/mol. The zero-order valence-corrected chi connectivity index (χ0v) is 9.86. The number of hydrogen-bond donors (Lipinski definition) is 1. The van der Waals surface area contributed by atoms with E-state index in [0.29, 0.717) is 31.6 Å². The number of ether oxygens (including phenoxy) is 2. The summed E-state index contributed by atoms with van der Waals surface area (Å²) in [7, 11) is 3.55. The van der Waals surface area contributed by atoms with Crippen LogP contribution in [-0.2, 0) is 22.5 Å². The van der Waals surface area contributed by atoms with Gasteiger partial charge in [0.1, 0.15) is 6.61 Å². The molecule has 1 aromatic heterocycles. The van der Waals surface area contributed by atoms with E-state index in [1.54, 1.807) is 7.11 Å². The molecular weight excluding hydrogens is 210 g/mol. The van der Waals surface area contributed by atoms with Gasteiger partial charge in [-0.3, -0.25) is 0 Å². The molecule has 0 amide bonds. The molecule has 0 aliphatic heterocycles. The summed E-state index contributed by atoms with van der Waals surface area (Å²) >= 11 is 0. The lowest BCUT2D eigenvalue weighted by Crippen LogP contribution is -2.08. The number of hydrogen-bond acceptors (Lipinski definition) is 6. The molecule has 0 atom stereocenters. The average molecular weight is 229 g/mol. The monoisotopic (exact) mass is 229 g/mol. The van der Waals surface area contributed by atoms with E-state index in [2.05, 4.69) is 15.5 Å². The molecular formula is C10H19N3O3. The number of nitrogens with zero attached hydrogens (tertiary/aromatic N) is 2. The molecule has 92 valence electrons. The molecule has 1 rings (SSSR count). The first-order chi connectivity index (χ1) is 7.86. The van der Waals surface area contributed by atoms with Gasteiger partial charge in [-0.15, -0.1) is 10.2 Å². The van der Waals surface area contributed by atoms with Gasteiger partial charge in [-0.2, -0.15) is 0 Å². The van der Waals surface area contributed by atoms with Crippen LogP contribution in [0.3, 0.4) is 0 Å². The molecule has 0 radical (unpaired) electrons. The van der Waals surface area contributed by atoms with E-state index in [0.717, 1.165) is 19.4 Å². The smallest absolute Gasteiger partial charge is 0.242 e. The second-order valence-electron chi connectivity index (χ2n) is 3.34. The maximum atomic E-state index is 5.39. The van der Waals surface area contributed by atoms with Gasteiger partial charge in [-0.25, -0.2) is 0 Å². The van der Waals surface area contributed by atoms with Crippen molar-refractivity contribution in [3.63, 3.8) is 0 Å². The third-order valence-corrected chi connectivity index (χ3v) is 1.98. The van der Waals surface area contributed by atoms with Gasteiger partial charge in [-0.05, 0) is 20.0 Å². The normalized spacial score (nSPS) is 10.9. The van der Waals surface area contributed by atoms with E-state index in [1.165, 1.54) is 0 Å². The van der Waals surface area contributed by atoms with Gasteiger partial charge in [0.2, 0.25) is 11.8 Å². The molecule has 0 bridgehead atoms. The van der Waals surface area contributed by atoms with Gasteiger partial charge < -0.3 is 19.2 Å². The van der Waals surface area contributed by atoms with Crippen molar-refractivity contribution in [1.29, 1.82) is 0 Å². The predicted octanol–water partition coefficient (Wildman–Crippen LogP) is 0.385. The fraction of sp³-hybridized carbons (Fsp3) is 0.800. The summed E-state index contributed by atoms with van der Waals surface area (Å²) in [5.41, 5.74) is 0. The van der Waals surface area contributed by atoms with Gasteiger partial charge in [-0.1, -0.05) is 0 Å². The first-order valence-corrected chi connectivity index (χ1v) is 5.39. The molecule has 6 heteroatoms. The van der Waals surface area contributed by atoms with Gasteiger partial charge >= 0.3 is 0 Å². The Labute approximate surface area is 95.3 Å². The highest BCUT2D eigenvalue weighted by atomic mass is 16.5. The maximum absolute atomic E-state index is 5.39. The number of rotatable bonds is 9. The maximum Gasteiger partial charge on any atom is 0.242 e. The van der Waals surface area contributed by atoms with Crippen LogP contribution in [-0.4, -0.2) is 44.1 Å². The van der Waals surface area contributed by atoms with Gasteiger partial charge in [0.05, 0.1) is 13.2 Å². The Bertz CT molecular complexity index is 278. The molecule has 0 fully saturated rings. The van der Waals surface area contributed by atoms with Crippen molar-refractivity contribution in [3.05, 3.63) is 11.8 Å². The zero-order chi connectivity index (χ0) is 11.6. The van der Waals surface area contributed by atoms with Crippen LogP contribution < -0.4 is 5.32 Å². The van der Waals surface area contributed by atoms with Crippen LogP contribution in [0, 0.1) is 0 Å². The van der Waals surface area contributed by atoms with Gasteiger partial charge in [0, 0.05) is 13.5 Å². The molecule has 0 spiro atoms. The summed E-state index contributed by atoms with van der Waals surface area (Å²) in [4.78, 5) is 0. The molecule has 16 heavy (non-hydrogen) atoms. The molecule has 0 unspecified atom stereocenters. The zero-order valence-electron chi connectivity index (χ0n) is 9.86. The van der Waals surface area contributed by atoms with Crippen molar-refractivity contribution in [2.24, 2.45) is 0 Å². The van der Waals surface area contributed by atoms with Crippen molar-refractivity contribution in [1.82, 2.24) is 15.5 Å². The number of aryl methyl sites for hydroxylation is 1. The minimum absolute atomic E-state index is 0.350. The first-order valence-electron chi connectivity index (χ1n) is 5.39. The molecule has 6 nitrogen and oxygen atoms in total. The van der Waals surface area contributed by atoms with Crippen LogP contribution in [0.5, 0.6) is 0 Å². The Morgan fingerprint density at radius 1 is 1.25 bits per heavy atom. The molecule has 0 aliphatic carbocycles. The SMILES string of the molecule is CNCCCc1nnc(COCCOC)o1. The Morgan fingerprint density at radius 2 is 2.06 bits per heavy atom. The molecule has 0 saturated heterocycles. The second-order valence-corrected chi connectivity index (χ2v) is 3.34. The summed E-state index contributed by atoms with van der Waals surface area (Å²) in [6, 6.07) is 0. The Hall–Kier alpha value is -0.980. The highest BCUT2D eigenvalue weighted by Gasteiger charge is 2.05. The summed E-state index contributed by atoms with van der Waals surface area (Å²) in [5.74, 6) is 1.19. The molecule has 0 aliphatic rings. The lowest BCUT2D eigenvalue weighted by Gasteiger charge is -1.98. The van der Waals surface area contributed by atoms with Crippen LogP contribution in [0.25, 0.3) is 0 Å². The van der Waals surface area contributed by atoms with E-state index in [4.69, 9.17) is 13.9 Å². The third kappa shape index (κ3) is 5.20. The number of aromatic nitrogens is 2. The summed E-state index contributed by atoms with van der Waals surface area (Å²) in [5, 5.41) is 10.9. The highest BCUT2D eigenvalue weighted by molar-refractivity contribution is 4.80. The topological polar surface area (TPSA) is 69.4 Å². The van der Waals surface area contributed by atoms with E-state index >= 15 is 0 Å². The molecule has 0 saturated carbocycles. The van der Waals surface area contributed by atoms with Crippen LogP contribution >= 0.6 is 0 Å². The van der Waals surface area contributed by atoms with Gasteiger partial charge in [0.15, 0.2) is 0 Å². The van der Waals surface area contributed by atoms with Crippen LogP contribution in [0.2, 0.25) is 0 Å². The fourth-order valence-corrected chi connectivity index (χ4v) is 1.17. The lowest BCUT2D eigenvalue weighted by molar-refractivity contribution is 0.0513. The number of methoxy groups -OCH3 is 1. The largest absolute Gasteiger partial charge is 0.423 e. The minimum Gasteiger partial charge on any atom is -0.423 e. The van der Waals surface area contributed by atoms with Gasteiger partial charge in [0.25, 0.3) is 0 Å². The second kappa shape index (κ2) is 8.20. The standard InChI is InChI=1S/C10H19N3O3/c1-11-5-3-4-9-12-13-10(16-9)8-15-7-6-14-2/h11H,3-8H2,1-2H3. The molecule has 1 N–H and O–H groups in total. The third-order valence-electron chi connectivity index (χ3n) is 1.98. The van der Waals surface area contributed by atoms with E-state index in [-0.39, 0.29) is 0 Å². The Morgan fingerprint density at radius 3 is 2.81 bits per heavy atom. The first kappa shape index (κ1) is 13.1. The molecule has 1 aromatic rings. The number of nitrogens with one attached hydrogen (secondary N) is 1. The van der Waals surface area contributed by atoms with E-state index in [1.807, 2.05) is 7.05 Å².